The molecule has 0 radical (unpaired) electrons. The summed E-state index contributed by atoms with van der Waals surface area (Å²) in [6.07, 6.45) is 6.18. The average molecular weight is 281 g/mol. The molecule has 4 nitrogen and oxygen atoms in total. The van der Waals surface area contributed by atoms with Crippen molar-refractivity contribution in [2.45, 2.75) is 19.4 Å². The van der Waals surface area contributed by atoms with Crippen molar-refractivity contribution in [1.29, 1.82) is 0 Å². The maximum Gasteiger partial charge on any atom is 0.134 e. The van der Waals surface area contributed by atoms with Crippen LogP contribution < -0.4 is 11.1 Å². The summed E-state index contributed by atoms with van der Waals surface area (Å²) >= 11 is 0. The van der Waals surface area contributed by atoms with Gasteiger partial charge in [-0.25, -0.2) is 0 Å². The van der Waals surface area contributed by atoms with Crippen molar-refractivity contribution in [3.8, 4) is 0 Å². The summed E-state index contributed by atoms with van der Waals surface area (Å²) in [7, 11) is 0. The Morgan fingerprint density at radius 3 is 2.95 bits per heavy atom. The molecule has 0 aliphatic heterocycles. The maximum absolute atomic E-state index is 6.04. The molecule has 1 unspecified atom stereocenters. The molecular formula is C17H19N3O. The van der Waals surface area contributed by atoms with Gasteiger partial charge in [-0.05, 0) is 30.7 Å². The molecule has 0 aliphatic rings. The minimum atomic E-state index is 0.158. The number of aromatic nitrogens is 1. The van der Waals surface area contributed by atoms with Gasteiger partial charge in [0.15, 0.2) is 0 Å². The number of nitrogens with one attached hydrogen (secondary N) is 1. The van der Waals surface area contributed by atoms with Gasteiger partial charge in [0.25, 0.3) is 0 Å². The minimum Gasteiger partial charge on any atom is -0.464 e. The SMILES string of the molecule is CCNC(Cc1cnccc1N)c1coc2ccccc12. The first-order valence-electron chi connectivity index (χ1n) is 7.17. The van der Waals surface area contributed by atoms with Crippen LogP contribution in [0.4, 0.5) is 5.69 Å². The number of para-hydroxylation sites is 1. The summed E-state index contributed by atoms with van der Waals surface area (Å²) in [5.74, 6) is 0. The van der Waals surface area contributed by atoms with Crippen LogP contribution in [0.3, 0.4) is 0 Å². The maximum atomic E-state index is 6.04. The number of nitrogen functional groups attached to an aromatic ring is 1. The van der Waals surface area contributed by atoms with E-state index in [1.54, 1.807) is 6.20 Å². The molecule has 21 heavy (non-hydrogen) atoms. The summed E-state index contributed by atoms with van der Waals surface area (Å²) < 4.78 is 5.66. The fraction of sp³-hybridized carbons (Fsp3) is 0.235. The fourth-order valence-corrected chi connectivity index (χ4v) is 2.64. The van der Waals surface area contributed by atoms with E-state index in [-0.39, 0.29) is 6.04 Å². The van der Waals surface area contributed by atoms with Crippen LogP contribution in [0.2, 0.25) is 0 Å². The molecule has 3 N–H and O–H groups in total. The van der Waals surface area contributed by atoms with Gasteiger partial charge >= 0.3 is 0 Å². The van der Waals surface area contributed by atoms with E-state index in [0.29, 0.717) is 0 Å². The molecule has 2 aromatic heterocycles. The highest BCUT2D eigenvalue weighted by Crippen LogP contribution is 2.29. The van der Waals surface area contributed by atoms with Crippen molar-refractivity contribution >= 4 is 16.7 Å². The number of benzene rings is 1. The number of fused-ring (bicyclic) bond motifs is 1. The summed E-state index contributed by atoms with van der Waals surface area (Å²) in [5.41, 5.74) is 9.94. The zero-order valence-electron chi connectivity index (χ0n) is 12.0. The Hall–Kier alpha value is -2.33. The Morgan fingerprint density at radius 2 is 2.14 bits per heavy atom. The summed E-state index contributed by atoms with van der Waals surface area (Å²) in [4.78, 5) is 4.17. The van der Waals surface area contributed by atoms with Crippen molar-refractivity contribution in [3.05, 3.63) is 60.1 Å². The van der Waals surface area contributed by atoms with Crippen molar-refractivity contribution in [1.82, 2.24) is 10.3 Å². The van der Waals surface area contributed by atoms with E-state index in [4.69, 9.17) is 10.2 Å². The zero-order chi connectivity index (χ0) is 14.7. The Balaban J connectivity index is 1.96. The molecule has 1 atom stereocenters. The molecule has 4 heteroatoms. The standard InChI is InChI=1S/C17H19N3O/c1-2-20-16(9-12-10-19-8-7-15(12)18)14-11-21-17-6-4-3-5-13(14)17/h3-8,10-11,16,20H,2,9H2,1H3,(H2,18,19). The topological polar surface area (TPSA) is 64.1 Å². The Bertz CT molecular complexity index is 735. The molecule has 0 bridgehead atoms. The van der Waals surface area contributed by atoms with E-state index >= 15 is 0 Å². The molecule has 3 rings (SSSR count). The lowest BCUT2D eigenvalue weighted by Crippen LogP contribution is -2.23. The molecule has 0 aliphatic carbocycles. The number of anilines is 1. The van der Waals surface area contributed by atoms with E-state index in [0.717, 1.165) is 40.7 Å². The van der Waals surface area contributed by atoms with E-state index in [1.807, 2.05) is 36.7 Å². The second-order valence-electron chi connectivity index (χ2n) is 5.08. The molecular weight excluding hydrogens is 262 g/mol. The third kappa shape index (κ3) is 2.76. The van der Waals surface area contributed by atoms with E-state index in [9.17, 15) is 0 Å². The van der Waals surface area contributed by atoms with E-state index < -0.39 is 0 Å². The predicted molar refractivity (Wildman–Crippen MR) is 85.0 cm³/mol. The second-order valence-corrected chi connectivity index (χ2v) is 5.08. The Kier molecular flexibility index (Phi) is 3.88. The lowest BCUT2D eigenvalue weighted by Gasteiger charge is -2.18. The van der Waals surface area contributed by atoms with Gasteiger partial charge in [0.05, 0.1) is 6.26 Å². The van der Waals surface area contributed by atoms with Crippen molar-refractivity contribution < 1.29 is 4.42 Å². The number of rotatable bonds is 5. The number of likely N-dealkylation sites (N-methyl/N-ethyl adjacent to an activating group) is 1. The average Bonchev–Trinajstić information content (AvgIpc) is 2.93. The normalized spacial score (nSPS) is 12.6. The van der Waals surface area contributed by atoms with Crippen LogP contribution in [-0.4, -0.2) is 11.5 Å². The number of nitrogens with zero attached hydrogens (tertiary/aromatic N) is 1. The first kappa shape index (κ1) is 13.6. The molecule has 0 saturated heterocycles. The highest BCUT2D eigenvalue weighted by Gasteiger charge is 2.17. The molecule has 0 spiro atoms. The van der Waals surface area contributed by atoms with Gasteiger partial charge in [0, 0.05) is 35.1 Å². The van der Waals surface area contributed by atoms with Gasteiger partial charge in [-0.2, -0.15) is 0 Å². The number of hydrogen-bond donors (Lipinski definition) is 2. The van der Waals surface area contributed by atoms with E-state index in [1.165, 1.54) is 0 Å². The molecule has 2 heterocycles. The van der Waals surface area contributed by atoms with Crippen LogP contribution in [0.1, 0.15) is 24.1 Å². The Morgan fingerprint density at radius 1 is 1.29 bits per heavy atom. The van der Waals surface area contributed by atoms with Crippen LogP contribution in [0.25, 0.3) is 11.0 Å². The van der Waals surface area contributed by atoms with Gasteiger partial charge in [-0.3, -0.25) is 4.98 Å². The molecule has 108 valence electrons. The van der Waals surface area contributed by atoms with Gasteiger partial charge < -0.3 is 15.5 Å². The predicted octanol–water partition coefficient (Wildman–Crippen LogP) is 3.30. The van der Waals surface area contributed by atoms with Crippen LogP contribution in [0, 0.1) is 0 Å². The summed E-state index contributed by atoms with van der Waals surface area (Å²) in [6.45, 7) is 2.98. The number of furan rings is 1. The first-order valence-corrected chi connectivity index (χ1v) is 7.17. The lowest BCUT2D eigenvalue weighted by atomic mass is 9.98. The monoisotopic (exact) mass is 281 g/mol. The molecule has 0 amide bonds. The van der Waals surface area contributed by atoms with Gasteiger partial charge in [0.1, 0.15) is 5.58 Å². The van der Waals surface area contributed by atoms with Crippen molar-refractivity contribution in [2.75, 3.05) is 12.3 Å². The minimum absolute atomic E-state index is 0.158. The van der Waals surface area contributed by atoms with Crippen LogP contribution in [-0.2, 0) is 6.42 Å². The molecule has 3 aromatic rings. The largest absolute Gasteiger partial charge is 0.464 e. The highest BCUT2D eigenvalue weighted by molar-refractivity contribution is 5.81. The fourth-order valence-electron chi connectivity index (χ4n) is 2.64. The molecule has 0 fully saturated rings. The smallest absolute Gasteiger partial charge is 0.134 e. The molecule has 0 saturated carbocycles. The lowest BCUT2D eigenvalue weighted by molar-refractivity contribution is 0.535. The van der Waals surface area contributed by atoms with Crippen LogP contribution in [0.15, 0.2) is 53.4 Å². The summed E-state index contributed by atoms with van der Waals surface area (Å²) in [5, 5.41) is 4.65. The zero-order valence-corrected chi connectivity index (χ0v) is 12.0. The highest BCUT2D eigenvalue weighted by atomic mass is 16.3. The van der Waals surface area contributed by atoms with Crippen LogP contribution in [0.5, 0.6) is 0 Å². The quantitative estimate of drug-likeness (QED) is 0.753. The Labute approximate surface area is 124 Å². The van der Waals surface area contributed by atoms with Crippen molar-refractivity contribution in [3.63, 3.8) is 0 Å². The van der Waals surface area contributed by atoms with E-state index in [2.05, 4.69) is 23.3 Å². The second kappa shape index (κ2) is 5.97. The molecule has 1 aromatic carbocycles. The number of nitrogens with two attached hydrogens (primary N) is 1. The third-order valence-electron chi connectivity index (χ3n) is 3.70. The first-order chi connectivity index (χ1) is 10.3. The number of hydrogen-bond acceptors (Lipinski definition) is 4. The van der Waals surface area contributed by atoms with Crippen LogP contribution >= 0.6 is 0 Å². The van der Waals surface area contributed by atoms with Crippen molar-refractivity contribution in [2.24, 2.45) is 0 Å². The number of pyridine rings is 1. The van der Waals surface area contributed by atoms with Gasteiger partial charge in [-0.15, -0.1) is 0 Å². The van der Waals surface area contributed by atoms with Gasteiger partial charge in [0.2, 0.25) is 0 Å². The summed E-state index contributed by atoms with van der Waals surface area (Å²) in [6, 6.07) is 10.1. The third-order valence-corrected chi connectivity index (χ3v) is 3.70. The van der Waals surface area contributed by atoms with Gasteiger partial charge in [-0.1, -0.05) is 25.1 Å².